The van der Waals surface area contributed by atoms with Crippen molar-refractivity contribution in [1.82, 2.24) is 9.80 Å². The van der Waals surface area contributed by atoms with Gasteiger partial charge in [-0.2, -0.15) is 0 Å². The first kappa shape index (κ1) is 25.7. The van der Waals surface area contributed by atoms with Crippen molar-refractivity contribution < 1.29 is 9.59 Å². The Morgan fingerprint density at radius 2 is 0.861 bits per heavy atom. The average molecular weight is 483 g/mol. The third kappa shape index (κ3) is 5.53. The molecule has 0 saturated carbocycles. The molecule has 0 unspecified atom stereocenters. The van der Waals surface area contributed by atoms with Gasteiger partial charge < -0.3 is 9.80 Å². The molecule has 2 amide bonds. The van der Waals surface area contributed by atoms with Crippen molar-refractivity contribution in [3.8, 4) is 0 Å². The number of amides is 2. The predicted molar refractivity (Wildman–Crippen MR) is 146 cm³/mol. The largest absolute Gasteiger partial charge is 0.334 e. The fraction of sp³-hybridized carbons (Fsp3) is 0.375. The molecule has 188 valence electrons. The number of carbonyl (C=O) groups is 2. The van der Waals surface area contributed by atoms with Gasteiger partial charge in [-0.25, -0.2) is 0 Å². The molecule has 0 aliphatic carbocycles. The molecule has 36 heavy (non-hydrogen) atoms. The van der Waals surface area contributed by atoms with Gasteiger partial charge in [0.1, 0.15) is 0 Å². The maximum Gasteiger partial charge on any atom is 0.254 e. The minimum Gasteiger partial charge on any atom is -0.334 e. The first-order valence-electron chi connectivity index (χ1n) is 13.1. The first-order chi connectivity index (χ1) is 17.4. The van der Waals surface area contributed by atoms with Gasteiger partial charge in [-0.1, -0.05) is 73.5 Å². The average Bonchev–Trinajstić information content (AvgIpc) is 2.89. The lowest BCUT2D eigenvalue weighted by atomic mass is 9.87. The highest BCUT2D eigenvalue weighted by Gasteiger charge is 2.28. The summed E-state index contributed by atoms with van der Waals surface area (Å²) < 4.78 is 0. The number of carbonyl (C=O) groups excluding carboxylic acids is 2. The maximum atomic E-state index is 14.0. The molecule has 0 N–H and O–H groups in total. The molecule has 0 atom stereocenters. The third-order valence-corrected chi connectivity index (χ3v) is 7.67. The Kier molecular flexibility index (Phi) is 8.25. The van der Waals surface area contributed by atoms with Crippen LogP contribution in [0, 0.1) is 27.7 Å². The molecule has 2 aliphatic rings. The molecule has 5 rings (SSSR count). The second-order valence-electron chi connectivity index (χ2n) is 10.1. The molecule has 2 heterocycles. The number of benzene rings is 3. The molecule has 3 aromatic carbocycles. The first-order valence-corrected chi connectivity index (χ1v) is 13.1. The summed E-state index contributed by atoms with van der Waals surface area (Å²) in [5.41, 5.74) is 7.45. The number of fused-ring (bicyclic) bond motifs is 11. The highest BCUT2D eigenvalue weighted by molar-refractivity contribution is 6.03. The van der Waals surface area contributed by atoms with Crippen LogP contribution in [0.25, 0.3) is 0 Å². The fourth-order valence-electron chi connectivity index (χ4n) is 5.34. The van der Waals surface area contributed by atoms with E-state index in [1.54, 1.807) is 0 Å². The van der Waals surface area contributed by atoms with Gasteiger partial charge in [-0.05, 0) is 73.9 Å². The van der Waals surface area contributed by atoms with E-state index in [2.05, 4.69) is 24.3 Å². The van der Waals surface area contributed by atoms with Crippen molar-refractivity contribution in [2.24, 2.45) is 0 Å². The third-order valence-electron chi connectivity index (χ3n) is 7.67. The molecule has 0 aromatic heterocycles. The van der Waals surface area contributed by atoms with Crippen LogP contribution in [0.1, 0.15) is 79.8 Å². The lowest BCUT2D eigenvalue weighted by Gasteiger charge is -2.30. The van der Waals surface area contributed by atoms with Crippen molar-refractivity contribution in [1.29, 1.82) is 0 Å². The molecule has 0 fully saturated rings. The van der Waals surface area contributed by atoms with Gasteiger partial charge in [0, 0.05) is 37.3 Å². The van der Waals surface area contributed by atoms with Crippen LogP contribution in [0.5, 0.6) is 0 Å². The van der Waals surface area contributed by atoms with Gasteiger partial charge in [0.15, 0.2) is 0 Å². The van der Waals surface area contributed by atoms with E-state index in [-0.39, 0.29) is 11.8 Å². The van der Waals surface area contributed by atoms with Crippen molar-refractivity contribution in [3.05, 3.63) is 105 Å². The van der Waals surface area contributed by atoms with Crippen LogP contribution in [0.3, 0.4) is 0 Å². The minimum absolute atomic E-state index is 0.0669. The quantitative estimate of drug-likeness (QED) is 0.411. The Bertz CT molecular complexity index is 1090. The molecule has 0 spiro atoms. The zero-order valence-electron chi connectivity index (χ0n) is 22.1. The summed E-state index contributed by atoms with van der Waals surface area (Å²) in [5, 5.41) is 0. The van der Waals surface area contributed by atoms with E-state index >= 15 is 0 Å². The van der Waals surface area contributed by atoms with E-state index in [1.165, 1.54) is 0 Å². The Morgan fingerprint density at radius 1 is 0.528 bits per heavy atom. The molecule has 0 radical (unpaired) electrons. The van der Waals surface area contributed by atoms with E-state index < -0.39 is 0 Å². The summed E-state index contributed by atoms with van der Waals surface area (Å²) in [7, 11) is 0. The molecule has 4 heteroatoms. The van der Waals surface area contributed by atoms with Crippen LogP contribution in [0.15, 0.2) is 60.7 Å². The van der Waals surface area contributed by atoms with Gasteiger partial charge in [0.25, 0.3) is 11.8 Å². The van der Waals surface area contributed by atoms with Crippen LogP contribution in [-0.4, -0.2) is 34.7 Å². The summed E-state index contributed by atoms with van der Waals surface area (Å²) in [6.45, 7) is 10.7. The number of hydrogen-bond donors (Lipinski definition) is 0. The van der Waals surface area contributed by atoms with Crippen molar-refractivity contribution in [3.63, 3.8) is 0 Å². The second-order valence-corrected chi connectivity index (χ2v) is 10.1. The van der Waals surface area contributed by atoms with Crippen LogP contribution < -0.4 is 0 Å². The fourth-order valence-corrected chi connectivity index (χ4v) is 5.34. The summed E-state index contributed by atoms with van der Waals surface area (Å²) in [6, 6.07) is 20.4. The molecule has 3 aromatic rings. The highest BCUT2D eigenvalue weighted by atomic mass is 16.2. The van der Waals surface area contributed by atoms with E-state index in [0.29, 0.717) is 13.1 Å². The summed E-state index contributed by atoms with van der Waals surface area (Å²) >= 11 is 0. The van der Waals surface area contributed by atoms with Crippen molar-refractivity contribution in [2.75, 3.05) is 13.1 Å². The summed E-state index contributed by atoms with van der Waals surface area (Å²) in [4.78, 5) is 32.0. The van der Waals surface area contributed by atoms with Gasteiger partial charge >= 0.3 is 0 Å². The second kappa shape index (κ2) is 11.6. The lowest BCUT2D eigenvalue weighted by Crippen LogP contribution is -2.35. The van der Waals surface area contributed by atoms with Crippen LogP contribution in [-0.2, 0) is 13.1 Å². The minimum atomic E-state index is 0.0669. The zero-order valence-corrected chi connectivity index (χ0v) is 22.1. The van der Waals surface area contributed by atoms with E-state index in [1.807, 2.05) is 73.9 Å². The van der Waals surface area contributed by atoms with Crippen LogP contribution >= 0.6 is 0 Å². The molecular weight excluding hydrogens is 444 g/mol. The Hall–Kier alpha value is -3.40. The normalized spacial score (nSPS) is 15.3. The number of hydrogen-bond acceptors (Lipinski definition) is 2. The van der Waals surface area contributed by atoms with Gasteiger partial charge in [0.05, 0.1) is 0 Å². The highest BCUT2D eigenvalue weighted by Crippen LogP contribution is 2.30. The molecule has 2 aliphatic heterocycles. The number of rotatable bonds is 4. The molecule has 0 saturated heterocycles. The monoisotopic (exact) mass is 482 g/mol. The predicted octanol–water partition coefficient (Wildman–Crippen LogP) is 6.78. The summed E-state index contributed by atoms with van der Waals surface area (Å²) in [6.07, 6.45) is 4.00. The van der Waals surface area contributed by atoms with Gasteiger partial charge in [-0.3, -0.25) is 9.59 Å². The van der Waals surface area contributed by atoms with Crippen LogP contribution in [0.2, 0.25) is 0 Å². The molecular formula is C32H38N2O2. The van der Waals surface area contributed by atoms with Gasteiger partial charge in [0.2, 0.25) is 0 Å². The van der Waals surface area contributed by atoms with E-state index in [0.717, 1.165) is 83.3 Å². The van der Waals surface area contributed by atoms with Gasteiger partial charge in [-0.15, -0.1) is 0 Å². The SMILES string of the molecule is Cc1c(C)c2c(C)c(C)c1C(=O)N(Cc1ccccc1)CCCCCCN(Cc1ccccc1)C2=O. The summed E-state index contributed by atoms with van der Waals surface area (Å²) in [5.74, 6) is 0.134. The van der Waals surface area contributed by atoms with Crippen molar-refractivity contribution >= 4 is 11.8 Å². The molecule has 4 nitrogen and oxygen atoms in total. The Morgan fingerprint density at radius 3 is 1.19 bits per heavy atom. The van der Waals surface area contributed by atoms with Crippen molar-refractivity contribution in [2.45, 2.75) is 66.5 Å². The lowest BCUT2D eigenvalue weighted by molar-refractivity contribution is 0.0718. The smallest absolute Gasteiger partial charge is 0.254 e. The topological polar surface area (TPSA) is 40.6 Å². The van der Waals surface area contributed by atoms with E-state index in [9.17, 15) is 9.59 Å². The van der Waals surface area contributed by atoms with E-state index in [4.69, 9.17) is 0 Å². The standard InChI is InChI=1S/C32H38N2O2/c1-23-24(2)30-26(4)25(3)29(23)31(35)33(21-27-15-9-7-10-16-27)19-13-5-6-14-20-34(32(30)36)22-28-17-11-8-12-18-28/h7-12,15-18H,5-6,13-14,19-22H2,1-4H3. The zero-order chi connectivity index (χ0) is 25.7. The number of nitrogens with zero attached hydrogens (tertiary/aromatic N) is 2. The Labute approximate surface area is 215 Å². The molecule has 2 bridgehead atoms. The Balaban J connectivity index is 1.76. The maximum absolute atomic E-state index is 14.0. The van der Waals surface area contributed by atoms with Crippen LogP contribution in [0.4, 0.5) is 0 Å².